The van der Waals surface area contributed by atoms with Crippen LogP contribution >= 0.6 is 0 Å². The second-order valence-corrected chi connectivity index (χ2v) is 16.6. The van der Waals surface area contributed by atoms with E-state index in [4.69, 9.17) is 4.74 Å². The number of hydrogen-bond acceptors (Lipinski definition) is 6. The Labute approximate surface area is 278 Å². The number of carbonyl (C=O) groups is 3. The topological polar surface area (TPSA) is 101 Å². The highest BCUT2D eigenvalue weighted by atomic mass is 16.5. The molecular formula is C40H64O6. The fourth-order valence-electron chi connectivity index (χ4n) is 10.9. The van der Waals surface area contributed by atoms with E-state index in [0.717, 1.165) is 109 Å². The first-order chi connectivity index (χ1) is 22.1. The standard InChI is InChI=1S/C40H64O6/c1-4-5-9-12-28(41)16-18-31-30(35(43)26-36(31)44)13-10-7-6-8-11-14-38(45)46-37-20-19-33-32-17-15-27-25-29(42)21-23-39(27,2)34(32)22-24-40(33,37)3/h15,28,30-34,36-37,41,44H,4-14,16-26H2,1-3H3/t28?,30-,31?,32?,33?,34?,36?,37?,39?,40?/m1/s1. The summed E-state index contributed by atoms with van der Waals surface area (Å²) in [6.07, 6.45) is 21.5. The van der Waals surface area contributed by atoms with Gasteiger partial charge < -0.3 is 14.9 Å². The molecule has 5 rings (SSSR count). The number of esters is 1. The van der Waals surface area contributed by atoms with E-state index in [-0.39, 0.29) is 53.0 Å². The van der Waals surface area contributed by atoms with E-state index in [9.17, 15) is 24.6 Å². The van der Waals surface area contributed by atoms with Gasteiger partial charge in [-0.25, -0.2) is 0 Å². The van der Waals surface area contributed by atoms with Crippen molar-refractivity contribution in [2.75, 3.05) is 0 Å². The number of aliphatic hydroxyl groups is 2. The van der Waals surface area contributed by atoms with Gasteiger partial charge in [0.15, 0.2) is 0 Å². The molecule has 0 spiro atoms. The van der Waals surface area contributed by atoms with Crippen molar-refractivity contribution in [1.29, 1.82) is 0 Å². The van der Waals surface area contributed by atoms with Gasteiger partial charge in [0.2, 0.25) is 0 Å². The average molecular weight is 641 g/mol. The molecule has 4 saturated carbocycles. The van der Waals surface area contributed by atoms with Crippen LogP contribution in [0.15, 0.2) is 11.6 Å². The van der Waals surface area contributed by atoms with Crippen LogP contribution < -0.4 is 0 Å². The van der Waals surface area contributed by atoms with E-state index in [1.54, 1.807) is 0 Å². The maximum Gasteiger partial charge on any atom is 0.306 e. The van der Waals surface area contributed by atoms with Crippen LogP contribution in [0.3, 0.4) is 0 Å². The fourth-order valence-corrected chi connectivity index (χ4v) is 10.9. The van der Waals surface area contributed by atoms with Gasteiger partial charge in [-0.1, -0.05) is 77.4 Å². The second kappa shape index (κ2) is 15.8. The number of ether oxygens (including phenoxy) is 1. The number of hydrogen-bond donors (Lipinski definition) is 2. The minimum absolute atomic E-state index is 0.0109. The van der Waals surface area contributed by atoms with Gasteiger partial charge in [0.1, 0.15) is 17.7 Å². The lowest BCUT2D eigenvalue weighted by molar-refractivity contribution is -0.159. The molecule has 4 fully saturated rings. The smallest absolute Gasteiger partial charge is 0.306 e. The van der Waals surface area contributed by atoms with Crippen molar-refractivity contribution in [3.05, 3.63) is 11.6 Å². The van der Waals surface area contributed by atoms with Gasteiger partial charge in [-0.05, 0) is 99.7 Å². The van der Waals surface area contributed by atoms with E-state index in [1.165, 1.54) is 12.0 Å². The van der Waals surface area contributed by atoms with Crippen LogP contribution in [-0.2, 0) is 19.1 Å². The maximum absolute atomic E-state index is 13.0. The minimum Gasteiger partial charge on any atom is -0.462 e. The predicted octanol–water partition coefficient (Wildman–Crippen LogP) is 8.45. The van der Waals surface area contributed by atoms with Gasteiger partial charge in [0.25, 0.3) is 0 Å². The molecule has 0 saturated heterocycles. The number of unbranched alkanes of at least 4 members (excludes halogenated alkanes) is 6. The largest absolute Gasteiger partial charge is 0.462 e. The molecule has 0 heterocycles. The molecule has 0 radical (unpaired) electrons. The van der Waals surface area contributed by atoms with E-state index in [2.05, 4.69) is 26.8 Å². The molecule has 10 atom stereocenters. The zero-order chi connectivity index (χ0) is 32.9. The van der Waals surface area contributed by atoms with Crippen LogP contribution in [-0.4, -0.2) is 46.1 Å². The summed E-state index contributed by atoms with van der Waals surface area (Å²) in [5.41, 5.74) is 1.66. The van der Waals surface area contributed by atoms with Crippen molar-refractivity contribution in [3.8, 4) is 0 Å². The lowest BCUT2D eigenvalue weighted by Gasteiger charge is -2.57. The van der Waals surface area contributed by atoms with E-state index in [0.29, 0.717) is 42.8 Å². The van der Waals surface area contributed by atoms with Gasteiger partial charge in [-0.2, -0.15) is 0 Å². The third-order valence-corrected chi connectivity index (χ3v) is 13.8. The summed E-state index contributed by atoms with van der Waals surface area (Å²) in [6.45, 7) is 6.97. The number of allylic oxidation sites excluding steroid dienone is 2. The van der Waals surface area contributed by atoms with Gasteiger partial charge in [0.05, 0.1) is 12.2 Å². The van der Waals surface area contributed by atoms with Crippen LogP contribution in [0.25, 0.3) is 0 Å². The van der Waals surface area contributed by atoms with Gasteiger partial charge in [-0.3, -0.25) is 14.4 Å². The maximum atomic E-state index is 13.0. The van der Waals surface area contributed by atoms with Crippen LogP contribution in [0.2, 0.25) is 0 Å². The summed E-state index contributed by atoms with van der Waals surface area (Å²) in [5.74, 6) is 2.38. The Morgan fingerprint density at radius 1 is 0.957 bits per heavy atom. The molecule has 9 unspecified atom stereocenters. The Kier molecular flexibility index (Phi) is 12.3. The van der Waals surface area contributed by atoms with Crippen molar-refractivity contribution < 1.29 is 29.3 Å². The van der Waals surface area contributed by atoms with E-state index < -0.39 is 6.10 Å². The lowest BCUT2D eigenvalue weighted by Crippen LogP contribution is -2.51. The highest BCUT2D eigenvalue weighted by Gasteiger charge is 2.59. The first-order valence-corrected chi connectivity index (χ1v) is 19.4. The summed E-state index contributed by atoms with van der Waals surface area (Å²) in [6, 6.07) is 0. The van der Waals surface area contributed by atoms with Crippen LogP contribution in [0, 0.1) is 40.4 Å². The molecule has 2 N–H and O–H groups in total. The normalized spacial score (nSPS) is 37.8. The zero-order valence-corrected chi connectivity index (χ0v) is 29.3. The van der Waals surface area contributed by atoms with Crippen molar-refractivity contribution in [3.63, 3.8) is 0 Å². The van der Waals surface area contributed by atoms with E-state index in [1.807, 2.05) is 0 Å². The third kappa shape index (κ3) is 7.85. The number of ketones is 2. The number of aliphatic hydroxyl groups excluding tert-OH is 2. The Bertz CT molecular complexity index is 1100. The molecular weight excluding hydrogens is 576 g/mol. The Morgan fingerprint density at radius 3 is 2.54 bits per heavy atom. The monoisotopic (exact) mass is 640 g/mol. The molecule has 0 amide bonds. The molecule has 5 aliphatic rings. The minimum atomic E-state index is -0.557. The molecule has 6 nitrogen and oxygen atoms in total. The first kappa shape index (κ1) is 35.8. The van der Waals surface area contributed by atoms with Crippen LogP contribution in [0.4, 0.5) is 0 Å². The predicted molar refractivity (Wildman–Crippen MR) is 181 cm³/mol. The van der Waals surface area contributed by atoms with Crippen molar-refractivity contribution in [2.45, 2.75) is 180 Å². The van der Waals surface area contributed by atoms with Crippen molar-refractivity contribution in [1.82, 2.24) is 0 Å². The summed E-state index contributed by atoms with van der Waals surface area (Å²) in [4.78, 5) is 37.8. The van der Waals surface area contributed by atoms with Gasteiger partial charge in [-0.15, -0.1) is 0 Å². The average Bonchev–Trinajstić information content (AvgIpc) is 3.49. The van der Waals surface area contributed by atoms with Gasteiger partial charge >= 0.3 is 5.97 Å². The molecule has 0 aliphatic heterocycles. The molecule has 0 aromatic heterocycles. The number of rotatable bonds is 16. The lowest BCUT2D eigenvalue weighted by atomic mass is 9.48. The molecule has 46 heavy (non-hydrogen) atoms. The fraction of sp³-hybridized carbons (Fsp3) is 0.875. The number of fused-ring (bicyclic) bond motifs is 5. The Morgan fingerprint density at radius 2 is 1.74 bits per heavy atom. The third-order valence-electron chi connectivity index (χ3n) is 13.8. The zero-order valence-electron chi connectivity index (χ0n) is 29.3. The van der Waals surface area contributed by atoms with Crippen LogP contribution in [0.5, 0.6) is 0 Å². The van der Waals surface area contributed by atoms with Crippen LogP contribution in [0.1, 0.15) is 162 Å². The molecule has 0 bridgehead atoms. The molecule has 260 valence electrons. The molecule has 0 aromatic rings. The SMILES string of the molecule is CCCCCC(O)CCC1C(O)CC(=O)[C@@H]1CCCCCCCC(=O)OC1CCC2C3CC=C4CC(=O)CCC4(C)C3CCC12C. The van der Waals surface area contributed by atoms with Gasteiger partial charge in [0, 0.05) is 37.0 Å². The Hall–Kier alpha value is -1.53. The highest BCUT2D eigenvalue weighted by molar-refractivity contribution is 5.84. The summed E-state index contributed by atoms with van der Waals surface area (Å²) in [5, 5.41) is 20.9. The highest BCUT2D eigenvalue weighted by Crippen LogP contribution is 2.65. The molecule has 5 aliphatic carbocycles. The first-order valence-electron chi connectivity index (χ1n) is 19.4. The van der Waals surface area contributed by atoms with E-state index >= 15 is 0 Å². The second-order valence-electron chi connectivity index (χ2n) is 16.6. The molecule has 6 heteroatoms. The number of carbonyl (C=O) groups excluding carboxylic acids is 3. The Balaban J connectivity index is 0.986. The molecule has 0 aromatic carbocycles. The summed E-state index contributed by atoms with van der Waals surface area (Å²) in [7, 11) is 0. The summed E-state index contributed by atoms with van der Waals surface area (Å²) >= 11 is 0. The number of Topliss-reactive ketones (excluding diaryl/α,β-unsaturated/α-hetero) is 2. The van der Waals surface area contributed by atoms with Crippen molar-refractivity contribution >= 4 is 17.5 Å². The quantitative estimate of drug-likeness (QED) is 0.0998. The summed E-state index contributed by atoms with van der Waals surface area (Å²) < 4.78 is 6.23. The van der Waals surface area contributed by atoms with Crippen molar-refractivity contribution in [2.24, 2.45) is 40.4 Å².